The van der Waals surface area contributed by atoms with Crippen LogP contribution in [0.15, 0.2) is 11.6 Å². The lowest BCUT2D eigenvalue weighted by Gasteiger charge is -2.48. The first-order valence-corrected chi connectivity index (χ1v) is 13.4. The Labute approximate surface area is 233 Å². The highest BCUT2D eigenvalue weighted by atomic mass is 16.3. The number of aliphatic hydroxyl groups is 3. The van der Waals surface area contributed by atoms with Crippen molar-refractivity contribution in [2.24, 2.45) is 28.9 Å². The minimum atomic E-state index is -2.63. The number of phenolic OH excluding ortho intramolecular Hbond substituents is 1. The summed E-state index contributed by atoms with van der Waals surface area (Å²) in [7, 11) is 3.60. The average molecular weight is 558 g/mol. The third kappa shape index (κ3) is 4.64. The van der Waals surface area contributed by atoms with Gasteiger partial charge in [-0.2, -0.15) is 0 Å². The summed E-state index contributed by atoms with van der Waals surface area (Å²) in [4.78, 5) is 54.8. The maximum Gasteiger partial charge on any atom is 0.230 e. The Bertz CT molecular complexity index is 1330. The van der Waals surface area contributed by atoms with Crippen molar-refractivity contribution in [3.8, 4) is 5.75 Å². The van der Waals surface area contributed by atoms with Gasteiger partial charge in [0.25, 0.3) is 0 Å². The average Bonchev–Trinajstić information content (AvgIpc) is 2.81. The highest BCUT2D eigenvalue weighted by Gasteiger charge is 2.64. The third-order valence-electron chi connectivity index (χ3n) is 8.39. The normalized spacial score (nSPS) is 28.0. The largest absolute Gasteiger partial charge is 0.507 e. The zero-order chi connectivity index (χ0) is 30.1. The molecule has 5 atom stereocenters. The molecule has 0 aromatic heterocycles. The number of primary amides is 1. The van der Waals surface area contributed by atoms with Gasteiger partial charge in [-0.1, -0.05) is 20.8 Å². The van der Waals surface area contributed by atoms with E-state index in [2.05, 4.69) is 0 Å². The first-order valence-electron chi connectivity index (χ1n) is 13.4. The van der Waals surface area contributed by atoms with Crippen LogP contribution in [0.2, 0.25) is 0 Å². The lowest BCUT2D eigenvalue weighted by molar-refractivity contribution is -0.174. The number of ketones is 2. The first kappa shape index (κ1) is 29.5. The summed E-state index contributed by atoms with van der Waals surface area (Å²) in [5, 5.41) is 44.8. The second kappa shape index (κ2) is 9.88. The number of hydrogen-bond acceptors (Lipinski definition) is 9. The van der Waals surface area contributed by atoms with Crippen molar-refractivity contribution < 1.29 is 39.6 Å². The van der Waals surface area contributed by atoms with Gasteiger partial charge in [0.2, 0.25) is 17.6 Å². The molecule has 0 aliphatic heterocycles. The topological polar surface area (TPSA) is 182 Å². The molecule has 2 fully saturated rings. The van der Waals surface area contributed by atoms with E-state index in [0.717, 1.165) is 0 Å². The van der Waals surface area contributed by atoms with Crippen LogP contribution in [0.3, 0.4) is 0 Å². The number of carbonyl (C=O) groups excluding carboxylic acids is 4. The minimum absolute atomic E-state index is 0.0110. The van der Waals surface area contributed by atoms with Gasteiger partial charge < -0.3 is 36.0 Å². The molecule has 40 heavy (non-hydrogen) atoms. The van der Waals surface area contributed by atoms with E-state index in [9.17, 15) is 39.6 Å². The standard InChI is InChI=1S/C29H39N3O8/c1-13(33)32(12-28(2,3)4)11-15-9-18(31(5)6)17-8-14-7-16-10-19(34)22(27(30)39)26(38)29(16,40)25(37)20(14)24(36)21(17)23(15)35/h9,14,16,19,22,34-36,40H,7-8,10-12H2,1-6H3,(H2,30,39)/t14-,16+,19?,22?,29+/m1/s1. The minimum Gasteiger partial charge on any atom is -0.507 e. The molecule has 0 bridgehead atoms. The van der Waals surface area contributed by atoms with Crippen LogP contribution in [0.5, 0.6) is 5.75 Å². The van der Waals surface area contributed by atoms with Gasteiger partial charge in [-0.15, -0.1) is 0 Å². The molecule has 2 saturated carbocycles. The summed E-state index contributed by atoms with van der Waals surface area (Å²) >= 11 is 0. The van der Waals surface area contributed by atoms with Crippen molar-refractivity contribution in [2.75, 3.05) is 25.5 Å². The van der Waals surface area contributed by atoms with Crippen LogP contribution in [0.1, 0.15) is 57.2 Å². The Morgan fingerprint density at radius 2 is 1.77 bits per heavy atom. The number of hydrogen-bond donors (Lipinski definition) is 5. The summed E-state index contributed by atoms with van der Waals surface area (Å²) < 4.78 is 0. The van der Waals surface area contributed by atoms with Gasteiger partial charge in [0.15, 0.2) is 11.4 Å². The molecule has 11 nitrogen and oxygen atoms in total. The fourth-order valence-electron chi connectivity index (χ4n) is 6.60. The Balaban J connectivity index is 1.87. The number of amides is 2. The van der Waals surface area contributed by atoms with Gasteiger partial charge in [-0.25, -0.2) is 0 Å². The van der Waals surface area contributed by atoms with Crippen LogP contribution in [-0.2, 0) is 32.1 Å². The van der Waals surface area contributed by atoms with Crippen molar-refractivity contribution in [2.45, 2.75) is 65.2 Å². The van der Waals surface area contributed by atoms with Crippen LogP contribution in [0, 0.1) is 23.2 Å². The number of aromatic hydroxyl groups is 1. The number of phenols is 1. The molecular formula is C29H39N3O8. The van der Waals surface area contributed by atoms with E-state index < -0.39 is 52.7 Å². The number of carbonyl (C=O) groups is 4. The van der Waals surface area contributed by atoms with Crippen LogP contribution < -0.4 is 10.6 Å². The van der Waals surface area contributed by atoms with E-state index in [4.69, 9.17) is 5.73 Å². The molecule has 0 spiro atoms. The number of rotatable bonds is 5. The second-order valence-electron chi connectivity index (χ2n) is 12.8. The zero-order valence-electron chi connectivity index (χ0n) is 23.8. The van der Waals surface area contributed by atoms with Gasteiger partial charge in [0.05, 0.1) is 11.7 Å². The summed E-state index contributed by atoms with van der Waals surface area (Å²) in [5.41, 5.74) is 3.88. The van der Waals surface area contributed by atoms with Crippen molar-refractivity contribution >= 4 is 34.8 Å². The SMILES string of the molecule is CC(=O)N(Cc1cc(N(C)C)c2c(c1O)C(O)=C1C(=O)[C@]3(O)C(=O)C(C(N)=O)C(O)C[C@@H]3C[C@@H]1C2)CC(C)(C)C. The van der Waals surface area contributed by atoms with Crippen molar-refractivity contribution in [1.82, 2.24) is 4.90 Å². The lowest BCUT2D eigenvalue weighted by atomic mass is 9.56. The monoisotopic (exact) mass is 557 g/mol. The predicted molar refractivity (Wildman–Crippen MR) is 146 cm³/mol. The summed E-state index contributed by atoms with van der Waals surface area (Å²) in [6.45, 7) is 7.85. The number of fused-ring (bicyclic) bond motifs is 3. The highest BCUT2D eigenvalue weighted by Crippen LogP contribution is 2.53. The van der Waals surface area contributed by atoms with Crippen molar-refractivity contribution in [3.63, 3.8) is 0 Å². The quantitative estimate of drug-likeness (QED) is 0.331. The molecule has 2 unspecified atom stereocenters. The molecular weight excluding hydrogens is 518 g/mol. The number of nitrogens with zero attached hydrogens (tertiary/aromatic N) is 2. The number of benzene rings is 1. The summed E-state index contributed by atoms with van der Waals surface area (Å²) in [6.07, 6.45) is -1.30. The van der Waals surface area contributed by atoms with E-state index in [0.29, 0.717) is 23.4 Å². The fraction of sp³-hybridized carbons (Fsp3) is 0.586. The number of aliphatic hydroxyl groups excluding tert-OH is 2. The van der Waals surface area contributed by atoms with E-state index in [1.165, 1.54) is 6.92 Å². The highest BCUT2D eigenvalue weighted by molar-refractivity contribution is 6.24. The van der Waals surface area contributed by atoms with Gasteiger partial charge in [0, 0.05) is 56.9 Å². The third-order valence-corrected chi connectivity index (χ3v) is 8.39. The Hall–Kier alpha value is -3.44. The van der Waals surface area contributed by atoms with E-state index in [1.54, 1.807) is 25.1 Å². The molecule has 3 aliphatic rings. The predicted octanol–water partition coefficient (Wildman–Crippen LogP) is 1.05. The number of anilines is 1. The zero-order valence-corrected chi connectivity index (χ0v) is 23.8. The van der Waals surface area contributed by atoms with Gasteiger partial charge in [0.1, 0.15) is 17.4 Å². The molecule has 218 valence electrons. The van der Waals surface area contributed by atoms with Crippen molar-refractivity contribution in [1.29, 1.82) is 0 Å². The molecule has 3 aliphatic carbocycles. The first-order chi connectivity index (χ1) is 18.4. The van der Waals surface area contributed by atoms with Crippen LogP contribution in [0.25, 0.3) is 5.76 Å². The maximum absolute atomic E-state index is 13.8. The van der Waals surface area contributed by atoms with Crippen molar-refractivity contribution in [3.05, 3.63) is 28.3 Å². The summed E-state index contributed by atoms with van der Waals surface area (Å²) in [5.74, 6) is -7.74. The molecule has 1 aromatic rings. The molecule has 0 heterocycles. The van der Waals surface area contributed by atoms with Gasteiger partial charge in [-0.05, 0) is 42.2 Å². The number of Topliss-reactive ketones (excluding diaryl/α,β-unsaturated/α-hetero) is 2. The molecule has 0 saturated heterocycles. The summed E-state index contributed by atoms with van der Waals surface area (Å²) in [6, 6.07) is 1.76. The van der Waals surface area contributed by atoms with E-state index >= 15 is 0 Å². The van der Waals surface area contributed by atoms with E-state index in [-0.39, 0.29) is 54.0 Å². The fourth-order valence-corrected chi connectivity index (χ4v) is 6.60. The van der Waals surface area contributed by atoms with Gasteiger partial charge in [-0.3, -0.25) is 19.2 Å². The Morgan fingerprint density at radius 3 is 2.30 bits per heavy atom. The van der Waals surface area contributed by atoms with Crippen LogP contribution >= 0.6 is 0 Å². The molecule has 0 radical (unpaired) electrons. The molecule has 1 aromatic carbocycles. The van der Waals surface area contributed by atoms with Gasteiger partial charge >= 0.3 is 0 Å². The second-order valence-corrected chi connectivity index (χ2v) is 12.8. The maximum atomic E-state index is 13.8. The van der Waals surface area contributed by atoms with Crippen LogP contribution in [-0.4, -0.2) is 81.1 Å². The van der Waals surface area contributed by atoms with E-state index in [1.807, 2.05) is 25.7 Å². The number of nitrogens with two attached hydrogens (primary N) is 1. The lowest BCUT2D eigenvalue weighted by Crippen LogP contribution is -2.66. The molecule has 4 rings (SSSR count). The smallest absolute Gasteiger partial charge is 0.230 e. The molecule has 11 heteroatoms. The Morgan fingerprint density at radius 1 is 1.15 bits per heavy atom. The molecule has 6 N–H and O–H groups in total. The molecule has 2 amide bonds. The van der Waals surface area contributed by atoms with Crippen LogP contribution in [0.4, 0.5) is 5.69 Å². The Kier molecular flexibility index (Phi) is 7.30.